The third kappa shape index (κ3) is 3.96. The predicted molar refractivity (Wildman–Crippen MR) is 86.1 cm³/mol. The van der Waals surface area contributed by atoms with Crippen molar-refractivity contribution >= 4 is 29.0 Å². The molecular weight excluding hydrogens is 316 g/mol. The lowest BCUT2D eigenvalue weighted by molar-refractivity contribution is -0.117. The summed E-state index contributed by atoms with van der Waals surface area (Å²) in [5.41, 5.74) is 0.509. The summed E-state index contributed by atoms with van der Waals surface area (Å²) in [7, 11) is 0. The Balaban J connectivity index is 2.16. The number of ketones is 1. The lowest BCUT2D eigenvalue weighted by atomic mass is 10.0. The Morgan fingerprint density at radius 2 is 2.09 bits per heavy atom. The van der Waals surface area contributed by atoms with Crippen molar-refractivity contribution in [3.8, 4) is 6.07 Å². The second kappa shape index (κ2) is 7.07. The number of Topliss-reactive ketones (excluding diaryl/α,β-unsaturated/α-hetero) is 1. The van der Waals surface area contributed by atoms with Crippen molar-refractivity contribution in [3.05, 3.63) is 47.2 Å². The van der Waals surface area contributed by atoms with Crippen LogP contribution in [0.25, 0.3) is 0 Å². The zero-order valence-corrected chi connectivity index (χ0v) is 13.4. The SMILES string of the molecule is CC(C)n1ccc(C(=O)C(C#N)C(=O)Nc2cccc(Cl)c2)n1. The van der Waals surface area contributed by atoms with Gasteiger partial charge in [-0.3, -0.25) is 14.3 Å². The molecule has 0 aliphatic carbocycles. The van der Waals surface area contributed by atoms with Crippen molar-refractivity contribution in [2.45, 2.75) is 19.9 Å². The second-order valence-corrected chi connectivity index (χ2v) is 5.64. The number of hydrogen-bond donors (Lipinski definition) is 1. The number of rotatable bonds is 5. The van der Waals surface area contributed by atoms with Crippen molar-refractivity contribution in [2.24, 2.45) is 5.92 Å². The summed E-state index contributed by atoms with van der Waals surface area (Å²) in [4.78, 5) is 24.5. The Morgan fingerprint density at radius 3 is 2.65 bits per heavy atom. The third-order valence-corrected chi connectivity index (χ3v) is 3.37. The standard InChI is InChI=1S/C16H15ClN4O2/c1-10(2)21-7-6-14(20-21)15(22)13(9-18)16(23)19-12-5-3-4-11(17)8-12/h3-8,10,13H,1-2H3,(H,19,23). The van der Waals surface area contributed by atoms with Gasteiger partial charge >= 0.3 is 0 Å². The van der Waals surface area contributed by atoms with E-state index in [9.17, 15) is 14.9 Å². The number of benzene rings is 1. The highest BCUT2D eigenvalue weighted by molar-refractivity contribution is 6.31. The van der Waals surface area contributed by atoms with Gasteiger partial charge in [-0.1, -0.05) is 17.7 Å². The molecule has 6 nitrogen and oxygen atoms in total. The second-order valence-electron chi connectivity index (χ2n) is 5.20. The molecule has 118 valence electrons. The fourth-order valence-electron chi connectivity index (χ4n) is 1.92. The molecule has 0 aliphatic heterocycles. The van der Waals surface area contributed by atoms with Gasteiger partial charge in [0.15, 0.2) is 5.92 Å². The van der Waals surface area contributed by atoms with E-state index in [2.05, 4.69) is 10.4 Å². The number of nitriles is 1. The zero-order valence-electron chi connectivity index (χ0n) is 12.7. The first-order valence-electron chi connectivity index (χ1n) is 6.97. The Morgan fingerprint density at radius 1 is 1.35 bits per heavy atom. The molecule has 0 radical (unpaired) electrons. The van der Waals surface area contributed by atoms with Crippen molar-refractivity contribution in [3.63, 3.8) is 0 Å². The van der Waals surface area contributed by atoms with Crippen LogP contribution in [-0.4, -0.2) is 21.5 Å². The zero-order chi connectivity index (χ0) is 17.0. The minimum absolute atomic E-state index is 0.0809. The van der Waals surface area contributed by atoms with Crippen molar-refractivity contribution in [1.82, 2.24) is 9.78 Å². The number of nitrogens with zero attached hydrogens (tertiary/aromatic N) is 3. The number of amides is 1. The molecular formula is C16H15ClN4O2. The third-order valence-electron chi connectivity index (χ3n) is 3.14. The predicted octanol–water partition coefficient (Wildman–Crippen LogP) is 3.08. The molecule has 1 amide bonds. The maximum atomic E-state index is 12.3. The fourth-order valence-corrected chi connectivity index (χ4v) is 2.11. The fraction of sp³-hybridized carbons (Fsp3) is 0.250. The van der Waals surface area contributed by atoms with Crippen LogP contribution in [0.3, 0.4) is 0 Å². The maximum absolute atomic E-state index is 12.3. The number of halogens is 1. The van der Waals surface area contributed by atoms with Gasteiger partial charge in [0, 0.05) is 22.9 Å². The number of carbonyl (C=O) groups is 2. The van der Waals surface area contributed by atoms with Crippen molar-refractivity contribution in [1.29, 1.82) is 5.26 Å². The summed E-state index contributed by atoms with van der Waals surface area (Å²) in [6.45, 7) is 3.82. The molecule has 1 unspecified atom stereocenters. The smallest absolute Gasteiger partial charge is 0.249 e. The molecule has 1 heterocycles. The molecule has 7 heteroatoms. The van der Waals surface area contributed by atoms with E-state index in [1.165, 1.54) is 12.1 Å². The van der Waals surface area contributed by atoms with Crippen LogP contribution in [0, 0.1) is 17.2 Å². The van der Waals surface area contributed by atoms with E-state index in [4.69, 9.17) is 11.6 Å². The molecule has 0 fully saturated rings. The van der Waals surface area contributed by atoms with Crippen molar-refractivity contribution < 1.29 is 9.59 Å². The largest absolute Gasteiger partial charge is 0.324 e. The van der Waals surface area contributed by atoms with Gasteiger partial charge < -0.3 is 5.32 Å². The van der Waals surface area contributed by atoms with E-state index in [0.717, 1.165) is 0 Å². The number of aromatic nitrogens is 2. The molecule has 0 aliphatic rings. The summed E-state index contributed by atoms with van der Waals surface area (Å²) in [6, 6.07) is 9.78. The first kappa shape index (κ1) is 16.7. The van der Waals surface area contributed by atoms with Crippen LogP contribution in [0.4, 0.5) is 5.69 Å². The monoisotopic (exact) mass is 330 g/mol. The lowest BCUT2D eigenvalue weighted by Gasteiger charge is -2.09. The molecule has 23 heavy (non-hydrogen) atoms. The van der Waals surface area contributed by atoms with Crippen LogP contribution in [0.15, 0.2) is 36.5 Å². The van der Waals surface area contributed by atoms with Gasteiger partial charge in [0.2, 0.25) is 11.7 Å². The molecule has 0 bridgehead atoms. The van der Waals surface area contributed by atoms with E-state index in [1.54, 1.807) is 35.1 Å². The van der Waals surface area contributed by atoms with Crippen LogP contribution in [0.5, 0.6) is 0 Å². The Kier molecular flexibility index (Phi) is 5.14. The van der Waals surface area contributed by atoms with Crippen LogP contribution in [0.1, 0.15) is 30.4 Å². The maximum Gasteiger partial charge on any atom is 0.249 e. The molecule has 0 spiro atoms. The van der Waals surface area contributed by atoms with E-state index in [1.807, 2.05) is 13.8 Å². The number of hydrogen-bond acceptors (Lipinski definition) is 4. The molecule has 1 aromatic heterocycles. The van der Waals surface area contributed by atoms with E-state index in [-0.39, 0.29) is 11.7 Å². The number of nitrogens with one attached hydrogen (secondary N) is 1. The van der Waals surface area contributed by atoms with Gasteiger partial charge in [-0.05, 0) is 38.1 Å². The number of anilines is 1. The Labute approximate surface area is 138 Å². The van der Waals surface area contributed by atoms with Crippen molar-refractivity contribution in [2.75, 3.05) is 5.32 Å². The summed E-state index contributed by atoms with van der Waals surface area (Å²) >= 11 is 5.84. The van der Waals surface area contributed by atoms with Gasteiger partial charge in [-0.25, -0.2) is 0 Å². The van der Waals surface area contributed by atoms with Gasteiger partial charge in [0.1, 0.15) is 5.69 Å². The quantitative estimate of drug-likeness (QED) is 0.674. The minimum atomic E-state index is -1.47. The summed E-state index contributed by atoms with van der Waals surface area (Å²) in [5, 5.41) is 16.2. The highest BCUT2D eigenvalue weighted by Gasteiger charge is 2.29. The van der Waals surface area contributed by atoms with Crippen LogP contribution in [-0.2, 0) is 4.79 Å². The summed E-state index contributed by atoms with van der Waals surface area (Å²) in [6.07, 6.45) is 1.64. The van der Waals surface area contributed by atoms with Gasteiger partial charge in [0.05, 0.1) is 6.07 Å². The average molecular weight is 331 g/mol. The molecule has 2 rings (SSSR count). The molecule has 1 atom stereocenters. The normalized spacial score (nSPS) is 11.8. The summed E-state index contributed by atoms with van der Waals surface area (Å²) < 4.78 is 1.59. The van der Waals surface area contributed by atoms with Crippen LogP contribution < -0.4 is 5.32 Å². The van der Waals surface area contributed by atoms with Gasteiger partial charge in [0.25, 0.3) is 0 Å². The molecule has 1 aromatic carbocycles. The molecule has 0 saturated heterocycles. The van der Waals surface area contributed by atoms with Gasteiger partial charge in [-0.15, -0.1) is 0 Å². The molecule has 2 aromatic rings. The van der Waals surface area contributed by atoms with Gasteiger partial charge in [-0.2, -0.15) is 10.4 Å². The highest BCUT2D eigenvalue weighted by atomic mass is 35.5. The number of carbonyl (C=O) groups excluding carboxylic acids is 2. The van der Waals surface area contributed by atoms with E-state index < -0.39 is 17.6 Å². The molecule has 0 saturated carbocycles. The highest BCUT2D eigenvalue weighted by Crippen LogP contribution is 2.17. The van der Waals surface area contributed by atoms with E-state index in [0.29, 0.717) is 10.7 Å². The lowest BCUT2D eigenvalue weighted by Crippen LogP contribution is -2.29. The Bertz CT molecular complexity index is 776. The topological polar surface area (TPSA) is 87.8 Å². The van der Waals surface area contributed by atoms with E-state index >= 15 is 0 Å². The minimum Gasteiger partial charge on any atom is -0.324 e. The average Bonchev–Trinajstić information content (AvgIpc) is 2.97. The Hall–Kier alpha value is -2.65. The first-order valence-corrected chi connectivity index (χ1v) is 7.35. The molecule has 1 N–H and O–H groups in total. The van der Waals surface area contributed by atoms with Crippen LogP contribution in [0.2, 0.25) is 5.02 Å². The first-order chi connectivity index (χ1) is 10.9. The van der Waals surface area contributed by atoms with Crippen LogP contribution >= 0.6 is 11.6 Å². The summed E-state index contributed by atoms with van der Waals surface area (Å²) in [5.74, 6) is -2.81.